The molecule has 0 fully saturated rings. The van der Waals surface area contributed by atoms with E-state index >= 15 is 0 Å². The first kappa shape index (κ1) is 19.7. The molecule has 0 spiro atoms. The van der Waals surface area contributed by atoms with Gasteiger partial charge >= 0.3 is 0 Å². The summed E-state index contributed by atoms with van der Waals surface area (Å²) in [5.41, 5.74) is 6.32. The number of hydrogen-bond donors (Lipinski definition) is 2. The van der Waals surface area contributed by atoms with Gasteiger partial charge in [0.2, 0.25) is 0 Å². The highest BCUT2D eigenvalue weighted by molar-refractivity contribution is 5.94. The first-order chi connectivity index (χ1) is 9.71. The van der Waals surface area contributed by atoms with E-state index in [1.807, 2.05) is 12.1 Å². The lowest BCUT2D eigenvalue weighted by atomic mass is 10.1. The molecular formula is C16H27ClN2O2. The zero-order valence-electron chi connectivity index (χ0n) is 12.9. The molecule has 0 heterocycles. The molecule has 21 heavy (non-hydrogen) atoms. The van der Waals surface area contributed by atoms with E-state index in [2.05, 4.69) is 19.2 Å². The Labute approximate surface area is 133 Å². The minimum Gasteiger partial charge on any atom is -0.494 e. The molecule has 0 aliphatic rings. The molecule has 5 heteroatoms. The van der Waals surface area contributed by atoms with Gasteiger partial charge in [0.25, 0.3) is 5.91 Å². The lowest BCUT2D eigenvalue weighted by molar-refractivity contribution is 0.0935. The van der Waals surface area contributed by atoms with Gasteiger partial charge in [-0.15, -0.1) is 12.4 Å². The second-order valence-corrected chi connectivity index (χ2v) is 4.92. The van der Waals surface area contributed by atoms with Gasteiger partial charge in [-0.2, -0.15) is 0 Å². The van der Waals surface area contributed by atoms with E-state index in [9.17, 15) is 4.79 Å². The fraction of sp³-hybridized carbons (Fsp3) is 0.562. The molecule has 0 saturated heterocycles. The highest BCUT2D eigenvalue weighted by Gasteiger charge is 2.12. The molecule has 4 nitrogen and oxygen atoms in total. The number of carbonyl (C=O) groups is 1. The molecule has 1 aromatic carbocycles. The van der Waals surface area contributed by atoms with Gasteiger partial charge in [-0.3, -0.25) is 4.79 Å². The summed E-state index contributed by atoms with van der Waals surface area (Å²) in [6, 6.07) is 7.32. The van der Waals surface area contributed by atoms with Crippen LogP contribution in [0.25, 0.3) is 0 Å². The summed E-state index contributed by atoms with van der Waals surface area (Å²) in [6.07, 6.45) is 4.04. The average Bonchev–Trinajstić information content (AvgIpc) is 2.49. The summed E-state index contributed by atoms with van der Waals surface area (Å²) in [5.74, 6) is 0.649. The molecule has 0 aromatic heterocycles. The van der Waals surface area contributed by atoms with E-state index in [-0.39, 0.29) is 24.4 Å². The number of nitrogens with one attached hydrogen (secondary N) is 1. The van der Waals surface area contributed by atoms with Crippen LogP contribution in [0.15, 0.2) is 24.3 Å². The number of benzene rings is 1. The van der Waals surface area contributed by atoms with E-state index in [1.165, 1.54) is 0 Å². The summed E-state index contributed by atoms with van der Waals surface area (Å²) in [5, 5.41) is 2.98. The molecule has 0 saturated carbocycles. The topological polar surface area (TPSA) is 64.3 Å². The van der Waals surface area contributed by atoms with Crippen LogP contribution in [-0.2, 0) is 0 Å². The van der Waals surface area contributed by atoms with Crippen molar-refractivity contribution in [3.8, 4) is 5.75 Å². The Morgan fingerprint density at radius 1 is 1.33 bits per heavy atom. The first-order valence-electron chi connectivity index (χ1n) is 7.45. The van der Waals surface area contributed by atoms with E-state index in [4.69, 9.17) is 10.5 Å². The van der Waals surface area contributed by atoms with Crippen molar-refractivity contribution in [1.29, 1.82) is 0 Å². The van der Waals surface area contributed by atoms with Crippen LogP contribution >= 0.6 is 12.4 Å². The zero-order chi connectivity index (χ0) is 14.8. The van der Waals surface area contributed by atoms with Crippen LogP contribution < -0.4 is 15.8 Å². The standard InChI is InChI=1S/C16H26N2O2.ClH/c1-3-5-8-14(12-17)18-16(19)13-7-6-9-15(11-13)20-10-4-2;/h6-7,9,11,14H,3-5,8,10,12,17H2,1-2H3,(H,18,19);1H. The normalized spacial score (nSPS) is 11.4. The number of nitrogens with two attached hydrogens (primary N) is 1. The number of ether oxygens (including phenoxy) is 1. The van der Waals surface area contributed by atoms with E-state index in [0.717, 1.165) is 31.4 Å². The molecular weight excluding hydrogens is 288 g/mol. The Morgan fingerprint density at radius 3 is 2.71 bits per heavy atom. The van der Waals surface area contributed by atoms with Crippen molar-refractivity contribution in [1.82, 2.24) is 5.32 Å². The van der Waals surface area contributed by atoms with Gasteiger partial charge in [-0.05, 0) is 31.0 Å². The third kappa shape index (κ3) is 7.34. The predicted octanol–water partition coefficient (Wildman–Crippen LogP) is 3.14. The van der Waals surface area contributed by atoms with Gasteiger partial charge in [-0.1, -0.05) is 32.8 Å². The molecule has 1 atom stereocenters. The van der Waals surface area contributed by atoms with Crippen molar-refractivity contribution in [2.45, 2.75) is 45.6 Å². The van der Waals surface area contributed by atoms with Crippen LogP contribution in [0.3, 0.4) is 0 Å². The summed E-state index contributed by atoms with van der Waals surface area (Å²) in [7, 11) is 0. The number of rotatable bonds is 9. The van der Waals surface area contributed by atoms with Gasteiger partial charge in [-0.25, -0.2) is 0 Å². The SMILES string of the molecule is CCCCC(CN)NC(=O)c1cccc(OCCC)c1.Cl. The van der Waals surface area contributed by atoms with Crippen LogP contribution in [0.2, 0.25) is 0 Å². The molecule has 120 valence electrons. The van der Waals surface area contributed by atoms with Crippen molar-refractivity contribution >= 4 is 18.3 Å². The summed E-state index contributed by atoms with van der Waals surface area (Å²) < 4.78 is 5.54. The maximum atomic E-state index is 12.2. The number of carbonyl (C=O) groups excluding carboxylic acids is 1. The molecule has 1 unspecified atom stereocenters. The molecule has 1 aromatic rings. The Hall–Kier alpha value is -1.26. The Morgan fingerprint density at radius 2 is 2.10 bits per heavy atom. The number of unbranched alkanes of at least 4 members (excludes halogenated alkanes) is 1. The first-order valence-corrected chi connectivity index (χ1v) is 7.45. The number of amides is 1. The molecule has 0 bridgehead atoms. The number of hydrogen-bond acceptors (Lipinski definition) is 3. The van der Waals surface area contributed by atoms with Crippen LogP contribution in [0.4, 0.5) is 0 Å². The Balaban J connectivity index is 0.00000400. The Bertz CT molecular complexity index is 413. The third-order valence-electron chi connectivity index (χ3n) is 3.09. The smallest absolute Gasteiger partial charge is 0.251 e. The maximum absolute atomic E-state index is 12.2. The summed E-state index contributed by atoms with van der Waals surface area (Å²) >= 11 is 0. The average molecular weight is 315 g/mol. The van der Waals surface area contributed by atoms with E-state index < -0.39 is 0 Å². The van der Waals surface area contributed by atoms with Crippen LogP contribution in [0.5, 0.6) is 5.75 Å². The van der Waals surface area contributed by atoms with Gasteiger partial charge in [0.15, 0.2) is 0 Å². The minimum absolute atomic E-state index is 0. The lowest BCUT2D eigenvalue weighted by Gasteiger charge is -2.16. The molecule has 0 aliphatic carbocycles. The van der Waals surface area contributed by atoms with Crippen LogP contribution in [0, 0.1) is 0 Å². The van der Waals surface area contributed by atoms with Gasteiger partial charge < -0.3 is 15.8 Å². The maximum Gasteiger partial charge on any atom is 0.251 e. The van der Waals surface area contributed by atoms with Gasteiger partial charge in [0.1, 0.15) is 5.75 Å². The van der Waals surface area contributed by atoms with Gasteiger partial charge in [0.05, 0.1) is 6.61 Å². The Kier molecular flexibility index (Phi) is 10.7. The summed E-state index contributed by atoms with van der Waals surface area (Å²) in [4.78, 5) is 12.2. The van der Waals surface area contributed by atoms with Crippen molar-refractivity contribution in [2.24, 2.45) is 5.73 Å². The lowest BCUT2D eigenvalue weighted by Crippen LogP contribution is -2.40. The van der Waals surface area contributed by atoms with E-state index in [1.54, 1.807) is 12.1 Å². The molecule has 1 amide bonds. The zero-order valence-corrected chi connectivity index (χ0v) is 13.7. The highest BCUT2D eigenvalue weighted by atomic mass is 35.5. The summed E-state index contributed by atoms with van der Waals surface area (Å²) in [6.45, 7) is 5.31. The van der Waals surface area contributed by atoms with Gasteiger partial charge in [0, 0.05) is 18.2 Å². The van der Waals surface area contributed by atoms with Crippen molar-refractivity contribution in [2.75, 3.05) is 13.2 Å². The monoisotopic (exact) mass is 314 g/mol. The molecule has 1 rings (SSSR count). The van der Waals surface area contributed by atoms with Crippen molar-refractivity contribution in [3.05, 3.63) is 29.8 Å². The second kappa shape index (κ2) is 11.4. The quantitative estimate of drug-likeness (QED) is 0.736. The van der Waals surface area contributed by atoms with Crippen molar-refractivity contribution < 1.29 is 9.53 Å². The predicted molar refractivity (Wildman–Crippen MR) is 89.3 cm³/mol. The molecule has 3 N–H and O–H groups in total. The van der Waals surface area contributed by atoms with Crippen LogP contribution in [-0.4, -0.2) is 25.1 Å². The fourth-order valence-corrected chi connectivity index (χ4v) is 1.92. The third-order valence-corrected chi connectivity index (χ3v) is 3.09. The minimum atomic E-state index is -0.0847. The fourth-order valence-electron chi connectivity index (χ4n) is 1.92. The highest BCUT2D eigenvalue weighted by Crippen LogP contribution is 2.14. The largest absolute Gasteiger partial charge is 0.494 e. The molecule has 0 aliphatic heterocycles. The molecule has 0 radical (unpaired) electrons. The number of halogens is 1. The van der Waals surface area contributed by atoms with E-state index in [0.29, 0.717) is 18.7 Å². The second-order valence-electron chi connectivity index (χ2n) is 4.92. The van der Waals surface area contributed by atoms with Crippen molar-refractivity contribution in [3.63, 3.8) is 0 Å². The van der Waals surface area contributed by atoms with Crippen LogP contribution in [0.1, 0.15) is 49.9 Å².